The van der Waals surface area contributed by atoms with Crippen molar-refractivity contribution >= 4 is 39.1 Å². The molecule has 1 saturated heterocycles. The van der Waals surface area contributed by atoms with Crippen molar-refractivity contribution in [2.45, 2.75) is 17.4 Å². The zero-order chi connectivity index (χ0) is 20.0. The number of carbonyl (C=O) groups is 1. The lowest BCUT2D eigenvalue weighted by Crippen LogP contribution is -2.40. The second-order valence-electron chi connectivity index (χ2n) is 5.77. The molecule has 0 saturated carbocycles. The minimum atomic E-state index is -3.89. The molecular weight excluding hydrogens is 398 g/mol. The summed E-state index contributed by atoms with van der Waals surface area (Å²) >= 11 is 1.46. The molecule has 0 amide bonds. The average Bonchev–Trinajstić information content (AvgIpc) is 2.65. The first-order valence-corrected chi connectivity index (χ1v) is 11.0. The number of rotatable bonds is 9. The molecule has 0 aliphatic carbocycles. The van der Waals surface area contributed by atoms with Gasteiger partial charge in [0.05, 0.1) is 23.0 Å². The van der Waals surface area contributed by atoms with Gasteiger partial charge in [-0.2, -0.15) is 16.1 Å². The topological polar surface area (TPSA) is 139 Å². The molecule has 27 heavy (non-hydrogen) atoms. The van der Waals surface area contributed by atoms with Gasteiger partial charge in [0.15, 0.2) is 0 Å². The van der Waals surface area contributed by atoms with Gasteiger partial charge in [-0.1, -0.05) is 0 Å². The van der Waals surface area contributed by atoms with Crippen LogP contribution < -0.4 is 5.32 Å². The Morgan fingerprint density at radius 1 is 1.44 bits per heavy atom. The predicted molar refractivity (Wildman–Crippen MR) is 101 cm³/mol. The van der Waals surface area contributed by atoms with Crippen LogP contribution in [-0.2, 0) is 19.6 Å². The number of anilines is 1. The Morgan fingerprint density at radius 3 is 2.67 bits per heavy atom. The summed E-state index contributed by atoms with van der Waals surface area (Å²) in [5.41, 5.74) is -0.519. The third-order valence-corrected chi connectivity index (χ3v) is 6.55. The Labute approximate surface area is 161 Å². The molecule has 0 spiro atoms. The van der Waals surface area contributed by atoms with E-state index in [4.69, 9.17) is 4.74 Å². The van der Waals surface area contributed by atoms with Gasteiger partial charge in [0.1, 0.15) is 11.7 Å². The van der Waals surface area contributed by atoms with Gasteiger partial charge in [-0.25, -0.2) is 13.2 Å². The molecule has 1 aliphatic heterocycles. The van der Waals surface area contributed by atoms with Gasteiger partial charge >= 0.3 is 5.97 Å². The number of ether oxygens (including phenoxy) is 1. The quantitative estimate of drug-likeness (QED) is 0.447. The molecule has 0 bridgehead atoms. The number of carboxylic acid groups (broad SMARTS) is 1. The lowest BCUT2D eigenvalue weighted by Gasteiger charge is -2.26. The Kier molecular flexibility index (Phi) is 7.41. The number of benzene rings is 1. The Balaban J connectivity index is 2.33. The van der Waals surface area contributed by atoms with E-state index in [0.717, 1.165) is 6.07 Å². The van der Waals surface area contributed by atoms with E-state index in [2.05, 4.69) is 5.32 Å². The van der Waals surface area contributed by atoms with Crippen molar-refractivity contribution in [1.29, 1.82) is 0 Å². The van der Waals surface area contributed by atoms with E-state index in [1.54, 1.807) is 0 Å². The Bertz CT molecular complexity index is 795. The van der Waals surface area contributed by atoms with Gasteiger partial charge in [-0.15, -0.1) is 0 Å². The molecule has 0 unspecified atom stereocenters. The fourth-order valence-corrected chi connectivity index (χ4v) is 4.46. The smallest absolute Gasteiger partial charge is 0.326 e. The second-order valence-corrected chi connectivity index (χ2v) is 8.69. The first-order valence-electron chi connectivity index (χ1n) is 8.12. The first-order chi connectivity index (χ1) is 12.8. The maximum absolute atomic E-state index is 12.7. The van der Waals surface area contributed by atoms with Gasteiger partial charge in [0, 0.05) is 19.2 Å². The third-order valence-electron chi connectivity index (χ3n) is 4.01. The summed E-state index contributed by atoms with van der Waals surface area (Å²) in [7, 11) is -3.89. The predicted octanol–water partition coefficient (Wildman–Crippen LogP) is 1.23. The highest BCUT2D eigenvalue weighted by atomic mass is 32.2. The fraction of sp³-hybridized carbons (Fsp3) is 0.533. The van der Waals surface area contributed by atoms with Gasteiger partial charge in [0.2, 0.25) is 10.0 Å². The van der Waals surface area contributed by atoms with Crippen molar-refractivity contribution in [3.05, 3.63) is 28.3 Å². The van der Waals surface area contributed by atoms with Crippen LogP contribution in [0.3, 0.4) is 0 Å². The molecule has 1 atom stereocenters. The molecule has 2 rings (SSSR count). The van der Waals surface area contributed by atoms with Crippen molar-refractivity contribution in [3.63, 3.8) is 0 Å². The van der Waals surface area contributed by atoms with Crippen LogP contribution in [0.15, 0.2) is 23.1 Å². The van der Waals surface area contributed by atoms with E-state index < -0.39 is 32.6 Å². The monoisotopic (exact) mass is 419 g/mol. The van der Waals surface area contributed by atoms with Crippen molar-refractivity contribution < 1.29 is 28.0 Å². The van der Waals surface area contributed by atoms with E-state index in [1.165, 1.54) is 28.2 Å². The molecule has 0 aromatic heterocycles. The molecule has 1 aromatic carbocycles. The van der Waals surface area contributed by atoms with Crippen LogP contribution >= 0.6 is 11.8 Å². The minimum absolute atomic E-state index is 0.0329. The highest BCUT2D eigenvalue weighted by Gasteiger charge is 2.29. The summed E-state index contributed by atoms with van der Waals surface area (Å²) in [6.45, 7) is 0.866. The lowest BCUT2D eigenvalue weighted by molar-refractivity contribution is -0.384. The van der Waals surface area contributed by atoms with Crippen molar-refractivity contribution in [3.8, 4) is 0 Å². The molecule has 1 aliphatic rings. The van der Waals surface area contributed by atoms with Crippen molar-refractivity contribution in [2.24, 2.45) is 0 Å². The molecule has 12 heteroatoms. The standard InChI is InChI=1S/C15H21N3O7S2/c1-26-9-4-13(15(19)20)16-12-3-2-11(10-14(12)18(21)22)27(23,24)17-5-7-25-8-6-17/h2-3,10,13,16H,4-9H2,1H3,(H,19,20)/t13-/m1/s1. The maximum atomic E-state index is 12.7. The number of nitro benzene ring substituents is 1. The number of aliphatic carboxylic acids is 1. The molecule has 150 valence electrons. The summed E-state index contributed by atoms with van der Waals surface area (Å²) in [5, 5.41) is 23.4. The lowest BCUT2D eigenvalue weighted by atomic mass is 10.2. The normalized spacial score (nSPS) is 16.6. The van der Waals surface area contributed by atoms with Crippen LogP contribution in [0.4, 0.5) is 11.4 Å². The minimum Gasteiger partial charge on any atom is -0.480 e. The number of nitrogens with zero attached hydrogens (tertiary/aromatic N) is 2. The van der Waals surface area contributed by atoms with E-state index in [0.29, 0.717) is 5.75 Å². The largest absolute Gasteiger partial charge is 0.480 e. The van der Waals surface area contributed by atoms with E-state index in [-0.39, 0.29) is 43.3 Å². The zero-order valence-electron chi connectivity index (χ0n) is 14.7. The summed E-state index contributed by atoms with van der Waals surface area (Å²) < 4.78 is 31.7. The Hall–Kier alpha value is -1.89. The van der Waals surface area contributed by atoms with Gasteiger partial charge in [-0.05, 0) is 30.6 Å². The van der Waals surface area contributed by atoms with Crippen LogP contribution in [-0.4, -0.2) is 73.1 Å². The number of hydrogen-bond donors (Lipinski definition) is 2. The van der Waals surface area contributed by atoms with Crippen LogP contribution in [0.1, 0.15) is 6.42 Å². The van der Waals surface area contributed by atoms with E-state index >= 15 is 0 Å². The fourth-order valence-electron chi connectivity index (χ4n) is 2.56. The number of nitrogens with one attached hydrogen (secondary N) is 1. The number of sulfonamides is 1. The van der Waals surface area contributed by atoms with E-state index in [1.807, 2.05) is 6.26 Å². The summed E-state index contributed by atoms with van der Waals surface area (Å²) in [6.07, 6.45) is 2.09. The van der Waals surface area contributed by atoms with Gasteiger partial charge < -0.3 is 15.2 Å². The number of hydrogen-bond acceptors (Lipinski definition) is 8. The number of carboxylic acids is 1. The molecule has 1 fully saturated rings. The maximum Gasteiger partial charge on any atom is 0.326 e. The van der Waals surface area contributed by atoms with Gasteiger partial charge in [0.25, 0.3) is 5.69 Å². The molecule has 0 radical (unpaired) electrons. The molecule has 1 aromatic rings. The van der Waals surface area contributed by atoms with Crippen molar-refractivity contribution in [2.75, 3.05) is 43.6 Å². The number of thioether (sulfide) groups is 1. The Morgan fingerprint density at radius 2 is 2.11 bits per heavy atom. The zero-order valence-corrected chi connectivity index (χ0v) is 16.3. The summed E-state index contributed by atoms with van der Waals surface area (Å²) in [6, 6.07) is 2.42. The van der Waals surface area contributed by atoms with Crippen molar-refractivity contribution in [1.82, 2.24) is 4.31 Å². The van der Waals surface area contributed by atoms with Crippen LogP contribution in [0, 0.1) is 10.1 Å². The van der Waals surface area contributed by atoms with E-state index in [9.17, 15) is 28.4 Å². The average molecular weight is 419 g/mol. The van der Waals surface area contributed by atoms with Crippen LogP contribution in [0.25, 0.3) is 0 Å². The van der Waals surface area contributed by atoms with Crippen LogP contribution in [0.5, 0.6) is 0 Å². The highest BCUT2D eigenvalue weighted by Crippen LogP contribution is 2.30. The molecule has 10 nitrogen and oxygen atoms in total. The second kappa shape index (κ2) is 9.35. The molecular formula is C15H21N3O7S2. The third kappa shape index (κ3) is 5.31. The van der Waals surface area contributed by atoms with Gasteiger partial charge in [-0.3, -0.25) is 10.1 Å². The first kappa shape index (κ1) is 21.4. The SMILES string of the molecule is CSCC[C@@H](Nc1ccc(S(=O)(=O)N2CCOCC2)cc1[N+](=O)[O-])C(=O)O. The number of nitro groups is 1. The summed E-state index contributed by atoms with van der Waals surface area (Å²) in [4.78, 5) is 21.9. The van der Waals surface area contributed by atoms with Crippen LogP contribution in [0.2, 0.25) is 0 Å². The summed E-state index contributed by atoms with van der Waals surface area (Å²) in [5.74, 6) is -0.579. The molecule has 2 N–H and O–H groups in total. The number of morpholine rings is 1. The highest BCUT2D eigenvalue weighted by molar-refractivity contribution is 7.98. The molecule has 1 heterocycles.